The van der Waals surface area contributed by atoms with Crippen LogP contribution in [-0.4, -0.2) is 28.7 Å². The van der Waals surface area contributed by atoms with E-state index in [4.69, 9.17) is 11.6 Å². The maximum absolute atomic E-state index is 14.6. The average molecular weight is 579 g/mol. The molecule has 3 heterocycles. The van der Waals surface area contributed by atoms with Crippen LogP contribution in [0.5, 0.6) is 0 Å². The van der Waals surface area contributed by atoms with E-state index in [-0.39, 0.29) is 28.5 Å². The number of nitrogens with one attached hydrogen (secondary N) is 2. The molecule has 0 radical (unpaired) electrons. The van der Waals surface area contributed by atoms with Gasteiger partial charge >= 0.3 is 6.09 Å². The number of hydrogen-bond donors (Lipinski definition) is 2. The van der Waals surface area contributed by atoms with E-state index >= 15 is 0 Å². The first-order chi connectivity index (χ1) is 19.7. The minimum Gasteiger partial charge on any atom is -0.453 e. The Balaban J connectivity index is 1.57. The Kier molecular flexibility index (Phi) is 8.11. The first-order valence-electron chi connectivity index (χ1n) is 12.9. The molecule has 4 aromatic rings. The number of aromatic nitrogens is 2. The van der Waals surface area contributed by atoms with Gasteiger partial charge in [-0.15, -0.1) is 0 Å². The van der Waals surface area contributed by atoms with Crippen molar-refractivity contribution < 1.29 is 23.1 Å². The molecule has 1 aliphatic heterocycles. The van der Waals surface area contributed by atoms with Gasteiger partial charge < -0.3 is 14.6 Å². The lowest BCUT2D eigenvalue weighted by atomic mass is 9.97. The summed E-state index contributed by atoms with van der Waals surface area (Å²) < 4.78 is 35.3. The van der Waals surface area contributed by atoms with Crippen LogP contribution in [0.15, 0.2) is 71.8 Å². The molecule has 5 rings (SSSR count). The number of fused-ring (bicyclic) bond motifs is 4. The van der Waals surface area contributed by atoms with Crippen molar-refractivity contribution in [3.8, 4) is 22.3 Å². The summed E-state index contributed by atoms with van der Waals surface area (Å²) in [6.07, 6.45) is 4.35. The zero-order valence-electron chi connectivity index (χ0n) is 21.9. The van der Waals surface area contributed by atoms with Crippen LogP contribution in [0.4, 0.5) is 25.0 Å². The van der Waals surface area contributed by atoms with E-state index in [9.17, 15) is 23.2 Å². The second kappa shape index (κ2) is 11.9. The van der Waals surface area contributed by atoms with Crippen molar-refractivity contribution in [2.24, 2.45) is 0 Å². The van der Waals surface area contributed by atoms with Gasteiger partial charge in [0.15, 0.2) is 5.82 Å². The molecule has 0 aliphatic carbocycles. The minimum atomic E-state index is -0.939. The van der Waals surface area contributed by atoms with E-state index in [0.29, 0.717) is 41.9 Å². The van der Waals surface area contributed by atoms with E-state index in [2.05, 4.69) is 20.4 Å². The standard InChI is InChI=1S/C30H25ClF2N4O4/c1-41-30(40)35-19-6-7-20-17-10-12-34-24(14-17)25(4-2-3-5-26(38)36-23(20)16-19)37-13-11-18(15-27(37)39)28-22(32)9-8-21(31)29(28)33/h6-16,25H,2-5H2,1H3,(H,35,40)(H,36,38)/t25-/m0/s1. The highest BCUT2D eigenvalue weighted by molar-refractivity contribution is 6.31. The molecule has 0 spiro atoms. The first kappa shape index (κ1) is 28.0. The largest absolute Gasteiger partial charge is 0.453 e. The molecule has 11 heteroatoms. The van der Waals surface area contributed by atoms with Crippen molar-refractivity contribution in [1.29, 1.82) is 0 Å². The topological polar surface area (TPSA) is 102 Å². The third kappa shape index (κ3) is 5.97. The van der Waals surface area contributed by atoms with Gasteiger partial charge in [-0.3, -0.25) is 19.9 Å². The summed E-state index contributed by atoms with van der Waals surface area (Å²) in [6.45, 7) is 0. The highest BCUT2D eigenvalue weighted by atomic mass is 35.5. The predicted molar refractivity (Wildman–Crippen MR) is 152 cm³/mol. The molecule has 0 saturated heterocycles. The lowest BCUT2D eigenvalue weighted by Crippen LogP contribution is -2.25. The fourth-order valence-corrected chi connectivity index (χ4v) is 5.06. The number of ether oxygens (including phenoxy) is 1. The second-order valence-corrected chi connectivity index (χ2v) is 9.94. The monoisotopic (exact) mass is 578 g/mol. The number of carbonyl (C=O) groups is 2. The SMILES string of the molecule is COC(=O)Nc1ccc2c(c1)NC(=O)CCCC[C@H](n1ccc(-c3c(F)ccc(Cl)c3F)cc1=O)c1cc-2ccn1. The molecule has 8 nitrogen and oxygen atoms in total. The number of amides is 2. The van der Waals surface area contributed by atoms with E-state index in [1.54, 1.807) is 30.5 Å². The third-order valence-corrected chi connectivity index (χ3v) is 7.20. The van der Waals surface area contributed by atoms with Gasteiger partial charge in [-0.05, 0) is 66.4 Å². The van der Waals surface area contributed by atoms with Crippen LogP contribution in [0.2, 0.25) is 5.02 Å². The zero-order valence-corrected chi connectivity index (χ0v) is 22.7. The number of anilines is 2. The molecule has 2 aromatic heterocycles. The predicted octanol–water partition coefficient (Wildman–Crippen LogP) is 6.79. The van der Waals surface area contributed by atoms with Crippen LogP contribution < -0.4 is 16.2 Å². The van der Waals surface area contributed by atoms with Crippen LogP contribution in [0.3, 0.4) is 0 Å². The summed E-state index contributed by atoms with van der Waals surface area (Å²) in [5.74, 6) is -1.96. The van der Waals surface area contributed by atoms with Crippen LogP contribution in [0.25, 0.3) is 22.3 Å². The first-order valence-corrected chi connectivity index (χ1v) is 13.2. The summed E-state index contributed by atoms with van der Waals surface area (Å²) >= 11 is 5.85. The van der Waals surface area contributed by atoms with Crippen molar-refractivity contribution in [2.75, 3.05) is 17.7 Å². The Morgan fingerprint density at radius 1 is 1.07 bits per heavy atom. The van der Waals surface area contributed by atoms with E-state index < -0.39 is 29.3 Å². The summed E-state index contributed by atoms with van der Waals surface area (Å²) in [6, 6.07) is 13.0. The van der Waals surface area contributed by atoms with Gasteiger partial charge in [0, 0.05) is 36.1 Å². The number of methoxy groups -OCH3 is 1. The van der Waals surface area contributed by atoms with Gasteiger partial charge in [0.05, 0.1) is 35.1 Å². The fourth-order valence-electron chi connectivity index (χ4n) is 4.90. The van der Waals surface area contributed by atoms with Crippen molar-refractivity contribution >= 4 is 35.0 Å². The molecular formula is C30H25ClF2N4O4. The number of carbonyl (C=O) groups excluding carboxylic acids is 2. The van der Waals surface area contributed by atoms with Gasteiger partial charge in [0.2, 0.25) is 5.91 Å². The number of benzene rings is 2. The maximum atomic E-state index is 14.6. The quantitative estimate of drug-likeness (QED) is 0.261. The molecule has 1 atom stereocenters. The van der Waals surface area contributed by atoms with Crippen molar-refractivity contribution in [1.82, 2.24) is 9.55 Å². The molecular weight excluding hydrogens is 554 g/mol. The molecule has 2 aromatic carbocycles. The number of rotatable bonds is 3. The maximum Gasteiger partial charge on any atom is 0.411 e. The normalized spacial score (nSPS) is 15.1. The lowest BCUT2D eigenvalue weighted by molar-refractivity contribution is -0.116. The Labute approximate surface area is 238 Å². The highest BCUT2D eigenvalue weighted by Gasteiger charge is 2.22. The number of halogens is 3. The summed E-state index contributed by atoms with van der Waals surface area (Å²) in [5, 5.41) is 5.28. The molecule has 2 amide bonds. The van der Waals surface area contributed by atoms with Gasteiger partial charge in [-0.2, -0.15) is 0 Å². The van der Waals surface area contributed by atoms with E-state index in [1.807, 2.05) is 6.07 Å². The van der Waals surface area contributed by atoms with Crippen LogP contribution >= 0.6 is 11.6 Å². The van der Waals surface area contributed by atoms with Crippen LogP contribution in [0, 0.1) is 11.6 Å². The molecule has 2 N–H and O–H groups in total. The highest BCUT2D eigenvalue weighted by Crippen LogP contribution is 2.35. The summed E-state index contributed by atoms with van der Waals surface area (Å²) in [5.41, 5.74) is 2.18. The second-order valence-electron chi connectivity index (χ2n) is 9.54. The molecule has 210 valence electrons. The number of hydrogen-bond acceptors (Lipinski definition) is 5. The molecule has 41 heavy (non-hydrogen) atoms. The van der Waals surface area contributed by atoms with Gasteiger partial charge in [0.1, 0.15) is 5.82 Å². The van der Waals surface area contributed by atoms with E-state index in [1.165, 1.54) is 30.0 Å². The van der Waals surface area contributed by atoms with Gasteiger partial charge in [0.25, 0.3) is 5.56 Å². The zero-order chi connectivity index (χ0) is 29.1. The Hall–Kier alpha value is -4.57. The molecule has 0 unspecified atom stereocenters. The smallest absolute Gasteiger partial charge is 0.411 e. The fraction of sp³-hybridized carbons (Fsp3) is 0.200. The Morgan fingerprint density at radius 2 is 1.90 bits per heavy atom. The third-order valence-electron chi connectivity index (χ3n) is 6.91. The molecule has 0 saturated carbocycles. The minimum absolute atomic E-state index is 0.0700. The van der Waals surface area contributed by atoms with Crippen molar-refractivity contribution in [3.05, 3.63) is 99.7 Å². The lowest BCUT2D eigenvalue weighted by Gasteiger charge is -2.22. The summed E-state index contributed by atoms with van der Waals surface area (Å²) in [7, 11) is 1.26. The molecule has 0 fully saturated rings. The van der Waals surface area contributed by atoms with Gasteiger partial charge in [-0.1, -0.05) is 24.1 Å². The molecule has 2 bridgehead atoms. The Morgan fingerprint density at radius 3 is 2.68 bits per heavy atom. The van der Waals surface area contributed by atoms with Crippen molar-refractivity contribution in [3.63, 3.8) is 0 Å². The molecule has 1 aliphatic rings. The van der Waals surface area contributed by atoms with Crippen molar-refractivity contribution in [2.45, 2.75) is 31.7 Å². The van der Waals surface area contributed by atoms with Gasteiger partial charge in [-0.25, -0.2) is 13.6 Å². The number of nitrogens with zero attached hydrogens (tertiary/aromatic N) is 2. The van der Waals surface area contributed by atoms with Crippen LogP contribution in [-0.2, 0) is 9.53 Å². The average Bonchev–Trinajstić information content (AvgIpc) is 2.95. The summed E-state index contributed by atoms with van der Waals surface area (Å²) in [4.78, 5) is 42.4. The van der Waals surface area contributed by atoms with Crippen LogP contribution in [0.1, 0.15) is 37.4 Å². The van der Waals surface area contributed by atoms with E-state index in [0.717, 1.165) is 17.7 Å². The number of pyridine rings is 2. The Bertz CT molecular complexity index is 1710.